The Labute approximate surface area is 232 Å². The van der Waals surface area contributed by atoms with E-state index in [4.69, 9.17) is 5.73 Å². The van der Waals surface area contributed by atoms with Crippen molar-refractivity contribution in [2.45, 2.75) is 0 Å². The Kier molecular flexibility index (Phi) is 7.40. The van der Waals surface area contributed by atoms with Crippen molar-refractivity contribution in [1.82, 2.24) is 24.4 Å². The number of primary amides is 1. The van der Waals surface area contributed by atoms with E-state index in [1.54, 1.807) is 23.1 Å². The lowest BCUT2D eigenvalue weighted by molar-refractivity contribution is -0.111. The number of carbonyl (C=O) groups is 2. The maximum atomic E-state index is 15.2. The van der Waals surface area contributed by atoms with E-state index in [1.807, 2.05) is 7.05 Å². The number of nitrogens with one attached hydrogen (secondary N) is 2. The topological polar surface area (TPSA) is 151 Å². The molecule has 1 aliphatic heterocycles. The summed E-state index contributed by atoms with van der Waals surface area (Å²) in [6.45, 7) is 5.96. The molecule has 0 spiro atoms. The molecule has 0 radical (unpaired) electrons. The van der Waals surface area contributed by atoms with Crippen LogP contribution in [0, 0.1) is 11.6 Å². The molecule has 0 unspecified atom stereocenters. The number of hydrogen-bond donors (Lipinski definition) is 3. The zero-order valence-electron chi connectivity index (χ0n) is 21.9. The van der Waals surface area contributed by atoms with Gasteiger partial charge in [0.25, 0.3) is 11.5 Å². The summed E-state index contributed by atoms with van der Waals surface area (Å²) in [6.07, 6.45) is 2.24. The quantitative estimate of drug-likeness (QED) is 0.288. The molecule has 12 nitrogen and oxygen atoms in total. The van der Waals surface area contributed by atoms with Crippen LogP contribution in [-0.2, 0) is 4.79 Å². The van der Waals surface area contributed by atoms with Gasteiger partial charge in [0.15, 0.2) is 17.3 Å². The minimum atomic E-state index is -1.12. The molecule has 14 heteroatoms. The number of piperazine rings is 1. The number of rotatable bonds is 7. The third kappa shape index (κ3) is 5.45. The molecule has 3 heterocycles. The molecule has 1 saturated heterocycles. The molecular weight excluding hydrogens is 536 g/mol. The molecule has 4 N–H and O–H groups in total. The van der Waals surface area contributed by atoms with E-state index in [0.717, 1.165) is 25.4 Å². The summed E-state index contributed by atoms with van der Waals surface area (Å²) in [5.41, 5.74) is 5.17. The van der Waals surface area contributed by atoms with Crippen molar-refractivity contribution in [1.29, 1.82) is 0 Å². The highest BCUT2D eigenvalue weighted by Crippen LogP contribution is 2.29. The third-order valence-corrected chi connectivity index (χ3v) is 6.56. The number of likely N-dealkylation sites (N-methyl/N-ethyl adjacent to an activating group) is 1. The standard InChI is InChI=1S/C27H25F2N9O3/c1-3-20(39)32-15-5-4-6-16(13-15)38-24-17(26(41)34-25(38)23(30)40)14-31-27(35-24)33-18-7-8-19(22(29)21(18)28)37-11-9-36(2)10-12-37/h3-8,13-14H,1,9-12H2,2H3,(H2,30,40)(H,32,39)(H,31,33,35). The Morgan fingerprint density at radius 2 is 1.83 bits per heavy atom. The number of halogens is 2. The Bertz CT molecular complexity index is 1750. The van der Waals surface area contributed by atoms with Crippen LogP contribution in [0.15, 0.2) is 60.0 Å². The first kappa shape index (κ1) is 27.3. The molecule has 0 saturated carbocycles. The fourth-order valence-corrected chi connectivity index (χ4v) is 4.43. The largest absolute Gasteiger partial charge is 0.367 e. The summed E-state index contributed by atoms with van der Waals surface area (Å²) in [6, 6.07) is 9.10. The maximum Gasteiger partial charge on any atom is 0.285 e. The molecule has 1 fully saturated rings. The fraction of sp³-hybridized carbons (Fsp3) is 0.185. The van der Waals surface area contributed by atoms with Crippen molar-refractivity contribution in [2.75, 3.05) is 48.8 Å². The van der Waals surface area contributed by atoms with Gasteiger partial charge in [0.05, 0.1) is 17.1 Å². The lowest BCUT2D eigenvalue weighted by atomic mass is 10.2. The van der Waals surface area contributed by atoms with Crippen molar-refractivity contribution < 1.29 is 18.4 Å². The van der Waals surface area contributed by atoms with Gasteiger partial charge in [-0.3, -0.25) is 19.0 Å². The highest BCUT2D eigenvalue weighted by molar-refractivity contribution is 5.99. The molecule has 2 aromatic carbocycles. The summed E-state index contributed by atoms with van der Waals surface area (Å²) in [5.74, 6) is -4.26. The van der Waals surface area contributed by atoms with Crippen LogP contribution in [0.3, 0.4) is 0 Å². The zero-order chi connectivity index (χ0) is 29.3. The second-order valence-corrected chi connectivity index (χ2v) is 9.29. The average molecular weight is 562 g/mol. The van der Waals surface area contributed by atoms with Gasteiger partial charge in [0.1, 0.15) is 5.39 Å². The van der Waals surface area contributed by atoms with Gasteiger partial charge in [-0.05, 0) is 43.5 Å². The van der Waals surface area contributed by atoms with Crippen LogP contribution in [0.4, 0.5) is 31.8 Å². The number of benzene rings is 2. The summed E-state index contributed by atoms with van der Waals surface area (Å²) in [4.78, 5) is 52.9. The number of nitrogens with zero attached hydrogens (tertiary/aromatic N) is 6. The summed E-state index contributed by atoms with van der Waals surface area (Å²) in [7, 11) is 1.96. The number of hydrogen-bond acceptors (Lipinski definition) is 9. The molecule has 210 valence electrons. The maximum absolute atomic E-state index is 15.2. The molecule has 1 aliphatic rings. The van der Waals surface area contributed by atoms with Gasteiger partial charge in [0, 0.05) is 38.1 Å². The van der Waals surface area contributed by atoms with Gasteiger partial charge in [-0.25, -0.2) is 13.8 Å². The van der Waals surface area contributed by atoms with Crippen LogP contribution in [0.5, 0.6) is 0 Å². The molecular formula is C27H25F2N9O3. The Hall–Kier alpha value is -5.24. The van der Waals surface area contributed by atoms with Gasteiger partial charge >= 0.3 is 0 Å². The highest BCUT2D eigenvalue weighted by atomic mass is 19.2. The van der Waals surface area contributed by atoms with Crippen LogP contribution in [0.2, 0.25) is 0 Å². The molecule has 2 aromatic heterocycles. The normalized spacial score (nSPS) is 13.7. The molecule has 41 heavy (non-hydrogen) atoms. The molecule has 2 amide bonds. The van der Waals surface area contributed by atoms with Crippen LogP contribution < -0.4 is 26.8 Å². The van der Waals surface area contributed by atoms with Crippen molar-refractivity contribution >= 4 is 45.9 Å². The molecule has 5 rings (SSSR count). The second-order valence-electron chi connectivity index (χ2n) is 9.29. The molecule has 0 aliphatic carbocycles. The van der Waals surface area contributed by atoms with Gasteiger partial charge in [-0.1, -0.05) is 12.6 Å². The average Bonchev–Trinajstić information content (AvgIpc) is 2.96. The van der Waals surface area contributed by atoms with Gasteiger partial charge in [-0.2, -0.15) is 9.97 Å². The number of carbonyl (C=O) groups excluding carboxylic acids is 2. The van der Waals surface area contributed by atoms with E-state index < -0.39 is 34.8 Å². The molecule has 4 aromatic rings. The summed E-state index contributed by atoms with van der Waals surface area (Å²) in [5, 5.41) is 5.18. The molecule has 0 atom stereocenters. The number of fused-ring (bicyclic) bond motifs is 1. The first-order chi connectivity index (χ1) is 19.7. The predicted octanol–water partition coefficient (Wildman–Crippen LogP) is 2.17. The van der Waals surface area contributed by atoms with E-state index in [9.17, 15) is 14.4 Å². The highest BCUT2D eigenvalue weighted by Gasteiger charge is 2.23. The minimum Gasteiger partial charge on any atom is -0.367 e. The van der Waals surface area contributed by atoms with Crippen LogP contribution in [-0.4, -0.2) is 69.5 Å². The summed E-state index contributed by atoms with van der Waals surface area (Å²) < 4.78 is 31.4. The van der Waals surface area contributed by atoms with Gasteiger partial charge in [-0.15, -0.1) is 0 Å². The molecule has 0 bridgehead atoms. The smallest absolute Gasteiger partial charge is 0.285 e. The number of anilines is 4. The second kappa shape index (κ2) is 11.1. The Balaban J connectivity index is 1.57. The minimum absolute atomic E-state index is 0.0712. The first-order valence-corrected chi connectivity index (χ1v) is 12.5. The van der Waals surface area contributed by atoms with Crippen molar-refractivity contribution in [2.24, 2.45) is 5.73 Å². The number of aromatic nitrogens is 4. The third-order valence-electron chi connectivity index (χ3n) is 6.56. The van der Waals surface area contributed by atoms with Crippen LogP contribution in [0.1, 0.15) is 10.6 Å². The Morgan fingerprint density at radius 1 is 1.07 bits per heavy atom. The van der Waals surface area contributed by atoms with E-state index in [2.05, 4.69) is 37.1 Å². The monoisotopic (exact) mass is 561 g/mol. The Morgan fingerprint density at radius 3 is 2.54 bits per heavy atom. The van der Waals surface area contributed by atoms with Crippen molar-refractivity contribution in [3.05, 3.63) is 83.1 Å². The lowest BCUT2D eigenvalue weighted by Crippen LogP contribution is -2.44. The number of nitrogens with two attached hydrogens (primary N) is 1. The van der Waals surface area contributed by atoms with E-state index in [1.165, 1.54) is 22.8 Å². The van der Waals surface area contributed by atoms with Crippen LogP contribution in [0.25, 0.3) is 16.7 Å². The van der Waals surface area contributed by atoms with E-state index >= 15 is 8.78 Å². The van der Waals surface area contributed by atoms with E-state index in [-0.39, 0.29) is 34.0 Å². The fourth-order valence-electron chi connectivity index (χ4n) is 4.43. The van der Waals surface area contributed by atoms with Crippen molar-refractivity contribution in [3.8, 4) is 5.69 Å². The van der Waals surface area contributed by atoms with Crippen LogP contribution >= 0.6 is 0 Å². The summed E-state index contributed by atoms with van der Waals surface area (Å²) >= 11 is 0. The van der Waals surface area contributed by atoms with Gasteiger partial charge < -0.3 is 26.2 Å². The van der Waals surface area contributed by atoms with Crippen molar-refractivity contribution in [3.63, 3.8) is 0 Å². The zero-order valence-corrected chi connectivity index (χ0v) is 21.9. The SMILES string of the molecule is C=CC(=O)Nc1cccc(-n2c(C(N)=O)nc(=O)c3cnc(Nc4ccc(N5CCN(C)CC5)c(F)c4F)nc32)c1. The predicted molar refractivity (Wildman–Crippen MR) is 150 cm³/mol. The van der Waals surface area contributed by atoms with E-state index in [0.29, 0.717) is 18.8 Å². The first-order valence-electron chi connectivity index (χ1n) is 12.5. The lowest BCUT2D eigenvalue weighted by Gasteiger charge is -2.34. The van der Waals surface area contributed by atoms with Gasteiger partial charge in [0.2, 0.25) is 17.7 Å². The number of amides is 2.